The second-order valence-corrected chi connectivity index (χ2v) is 9.15. The number of allylic oxidation sites excluding steroid dienone is 2. The van der Waals surface area contributed by atoms with Gasteiger partial charge >= 0.3 is 6.29 Å². The number of hydrogen-bond acceptors (Lipinski definition) is 6. The Kier molecular flexibility index (Phi) is 7.98. The zero-order valence-electron chi connectivity index (χ0n) is 21.5. The number of halogens is 2. The molecule has 0 aromatic heterocycles. The molecule has 1 unspecified atom stereocenters. The van der Waals surface area contributed by atoms with Gasteiger partial charge in [-0.2, -0.15) is 5.10 Å². The van der Waals surface area contributed by atoms with Gasteiger partial charge in [0.25, 0.3) is 0 Å². The summed E-state index contributed by atoms with van der Waals surface area (Å²) in [5.74, 6) is 0.518. The predicted octanol–water partition coefficient (Wildman–Crippen LogP) is 6.23. The van der Waals surface area contributed by atoms with E-state index in [1.807, 2.05) is 44.2 Å². The number of aliphatic hydroxyl groups is 1. The van der Waals surface area contributed by atoms with E-state index in [1.165, 1.54) is 12.3 Å². The predicted molar refractivity (Wildman–Crippen MR) is 142 cm³/mol. The summed E-state index contributed by atoms with van der Waals surface area (Å²) < 4.78 is 42.9. The molecule has 3 aromatic rings. The van der Waals surface area contributed by atoms with Crippen LogP contribution >= 0.6 is 0 Å². The summed E-state index contributed by atoms with van der Waals surface area (Å²) in [6.45, 7) is 4.72. The van der Waals surface area contributed by atoms with Gasteiger partial charge < -0.3 is 24.2 Å². The van der Waals surface area contributed by atoms with Gasteiger partial charge in [0.1, 0.15) is 5.75 Å². The molecule has 1 radical (unpaired) electrons. The van der Waals surface area contributed by atoms with Crippen LogP contribution in [0.3, 0.4) is 0 Å². The zero-order valence-corrected chi connectivity index (χ0v) is 22.6. The summed E-state index contributed by atoms with van der Waals surface area (Å²) in [6.07, 6.45) is -0.0330. The maximum Gasteiger partial charge on any atom is 0.586 e. The minimum Gasteiger partial charge on any atom is -0.497 e. The second-order valence-electron chi connectivity index (χ2n) is 9.15. The molecule has 2 heterocycles. The zero-order chi connectivity index (χ0) is 26.9. The molecule has 10 heteroatoms. The van der Waals surface area contributed by atoms with Crippen molar-refractivity contribution in [3.8, 4) is 17.2 Å². The number of benzene rings is 3. The van der Waals surface area contributed by atoms with Crippen LogP contribution in [0.1, 0.15) is 30.5 Å². The van der Waals surface area contributed by atoms with Gasteiger partial charge in [-0.1, -0.05) is 30.3 Å². The van der Waals surface area contributed by atoms with Crippen LogP contribution in [-0.2, 0) is 28.6 Å². The van der Waals surface area contributed by atoms with E-state index >= 15 is 0 Å². The molecule has 2 aliphatic rings. The summed E-state index contributed by atoms with van der Waals surface area (Å²) in [5.41, 5.74) is 3.28. The average molecular weight is 578 g/mol. The monoisotopic (exact) mass is 578 g/mol. The van der Waals surface area contributed by atoms with Crippen molar-refractivity contribution in [3.05, 3.63) is 95.2 Å². The summed E-state index contributed by atoms with van der Waals surface area (Å²) >= 11 is 0. The Balaban J connectivity index is 0.00000353. The molecular formula is C29H27CoF2N3O4. The molecule has 0 spiro atoms. The fourth-order valence-electron chi connectivity index (χ4n) is 5.07. The van der Waals surface area contributed by atoms with Gasteiger partial charge in [0.15, 0.2) is 11.5 Å². The molecule has 3 aromatic carbocycles. The molecule has 0 saturated carbocycles. The van der Waals surface area contributed by atoms with E-state index in [1.54, 1.807) is 43.5 Å². The van der Waals surface area contributed by atoms with E-state index in [0.717, 1.165) is 16.9 Å². The van der Waals surface area contributed by atoms with Gasteiger partial charge in [-0.25, -0.2) is 0 Å². The molecule has 1 N–H and O–H groups in total. The van der Waals surface area contributed by atoms with E-state index in [2.05, 4.69) is 19.8 Å². The Labute approximate surface area is 235 Å². The Morgan fingerprint density at radius 2 is 1.85 bits per heavy atom. The van der Waals surface area contributed by atoms with Gasteiger partial charge in [-0.05, 0) is 73.9 Å². The van der Waals surface area contributed by atoms with E-state index < -0.39 is 11.7 Å². The first-order valence-electron chi connectivity index (χ1n) is 12.2. The molecule has 205 valence electrons. The average Bonchev–Trinajstić information content (AvgIpc) is 3.36. The Morgan fingerprint density at radius 3 is 2.56 bits per heavy atom. The van der Waals surface area contributed by atoms with Crippen LogP contribution in [0.2, 0.25) is 0 Å². The summed E-state index contributed by atoms with van der Waals surface area (Å²) in [7, 11) is 1.60. The fourth-order valence-corrected chi connectivity index (χ4v) is 5.07. The first-order valence-corrected chi connectivity index (χ1v) is 12.2. The van der Waals surface area contributed by atoms with Gasteiger partial charge in [0.05, 0.1) is 13.3 Å². The summed E-state index contributed by atoms with van der Waals surface area (Å²) in [6, 6.07) is 19.6. The Morgan fingerprint density at radius 1 is 1.08 bits per heavy atom. The molecular weight excluding hydrogens is 551 g/mol. The van der Waals surface area contributed by atoms with Crippen LogP contribution in [0.25, 0.3) is 0 Å². The number of anilines is 1. The minimum absolute atomic E-state index is 0. The number of fused-ring (bicyclic) bond motifs is 2. The van der Waals surface area contributed by atoms with Gasteiger partial charge in [-0.15, -0.1) is 13.9 Å². The normalized spacial score (nSPS) is 20.3. The first kappa shape index (κ1) is 28.1. The number of ether oxygens (including phenoxy) is 3. The third-order valence-electron chi connectivity index (χ3n) is 6.80. The van der Waals surface area contributed by atoms with Crippen molar-refractivity contribution in [2.24, 2.45) is 10.2 Å². The number of aliphatic hydroxyl groups excluding tert-OH is 1. The van der Waals surface area contributed by atoms with Crippen molar-refractivity contribution in [1.82, 2.24) is 0 Å². The fraction of sp³-hybridized carbons (Fsp3) is 0.241. The largest absolute Gasteiger partial charge is 0.586 e. The summed E-state index contributed by atoms with van der Waals surface area (Å²) in [4.78, 5) is 2.14. The molecule has 0 aliphatic carbocycles. The van der Waals surface area contributed by atoms with Crippen LogP contribution in [0.4, 0.5) is 14.5 Å². The van der Waals surface area contributed by atoms with Crippen LogP contribution in [0.5, 0.6) is 17.2 Å². The SMILES string of the molecule is CCN1\C(=C/C=N/N=C(\O)c2ccccc2)C(C)(Cc2cccc3c2OC(F)(F)O3)c2cc(OC)ccc21.[Co]. The molecule has 39 heavy (non-hydrogen) atoms. The van der Waals surface area contributed by atoms with Gasteiger partial charge in [0.2, 0.25) is 5.90 Å². The van der Waals surface area contributed by atoms with Crippen molar-refractivity contribution in [1.29, 1.82) is 0 Å². The standard InChI is InChI=1S/C29H27F2N3O4.Co/c1-4-34-23-14-13-21(36-3)17-22(23)28(2,18-20-11-8-12-24-26(20)38-29(30,31)37-24)25(34)15-16-32-33-27(35)19-9-6-5-7-10-19;/h5-17H,4,18H2,1-3H3,(H,33,35);/b25-15-,32-16+;. The molecule has 5 rings (SSSR count). The van der Waals surface area contributed by atoms with Crippen molar-refractivity contribution >= 4 is 17.8 Å². The maximum absolute atomic E-state index is 13.9. The van der Waals surface area contributed by atoms with E-state index in [9.17, 15) is 13.9 Å². The molecule has 7 nitrogen and oxygen atoms in total. The third-order valence-corrected chi connectivity index (χ3v) is 6.80. The van der Waals surface area contributed by atoms with Crippen molar-refractivity contribution < 1.29 is 44.9 Å². The van der Waals surface area contributed by atoms with Crippen molar-refractivity contribution in [2.45, 2.75) is 32.0 Å². The first-order chi connectivity index (χ1) is 18.3. The molecule has 0 bridgehead atoms. The van der Waals surface area contributed by atoms with Crippen LogP contribution in [-0.4, -0.2) is 37.2 Å². The van der Waals surface area contributed by atoms with E-state index in [4.69, 9.17) is 9.47 Å². The number of nitrogens with zero attached hydrogens (tertiary/aromatic N) is 3. The Bertz CT molecular complexity index is 1450. The van der Waals surface area contributed by atoms with Crippen LogP contribution < -0.4 is 19.1 Å². The Hall–Kier alpha value is -3.89. The van der Waals surface area contributed by atoms with Crippen molar-refractivity contribution in [2.75, 3.05) is 18.6 Å². The molecule has 2 aliphatic heterocycles. The molecule has 1 atom stereocenters. The topological polar surface area (TPSA) is 75.9 Å². The van der Waals surface area contributed by atoms with Gasteiger partial charge in [0, 0.05) is 45.7 Å². The molecule has 0 saturated heterocycles. The summed E-state index contributed by atoms with van der Waals surface area (Å²) in [5, 5.41) is 18.2. The smallest absolute Gasteiger partial charge is 0.497 e. The molecule has 0 fully saturated rings. The number of likely N-dealkylation sites (N-methyl/N-ethyl adjacent to an activating group) is 1. The minimum atomic E-state index is -3.71. The van der Waals surface area contributed by atoms with E-state index in [-0.39, 0.29) is 34.2 Å². The third kappa shape index (κ3) is 5.34. The quantitative estimate of drug-likeness (QED) is 0.205. The maximum atomic E-state index is 13.9. The van der Waals surface area contributed by atoms with Gasteiger partial charge in [-0.3, -0.25) is 0 Å². The number of para-hydroxylation sites is 1. The number of rotatable bonds is 7. The second kappa shape index (κ2) is 11.1. The number of methoxy groups -OCH3 is 1. The molecule has 0 amide bonds. The van der Waals surface area contributed by atoms with Crippen LogP contribution in [0.15, 0.2) is 88.7 Å². The number of alkyl halides is 2. The van der Waals surface area contributed by atoms with Crippen LogP contribution in [0, 0.1) is 0 Å². The van der Waals surface area contributed by atoms with E-state index in [0.29, 0.717) is 29.8 Å². The number of hydrogen-bond donors (Lipinski definition) is 1. The van der Waals surface area contributed by atoms with Crippen molar-refractivity contribution in [3.63, 3.8) is 0 Å².